The highest BCUT2D eigenvalue weighted by molar-refractivity contribution is 8.15. The second kappa shape index (κ2) is 14.5. The molecule has 11 heteroatoms. The Morgan fingerprint density at radius 1 is 0.957 bits per heavy atom. The van der Waals surface area contributed by atoms with Crippen molar-refractivity contribution < 1.29 is 28.2 Å². The summed E-state index contributed by atoms with van der Waals surface area (Å²) in [6, 6.07) is 29.2. The molecule has 0 bridgehead atoms. The zero-order valence-corrected chi connectivity index (χ0v) is 26.5. The first kappa shape index (κ1) is 31.8. The number of amides is 3. The van der Waals surface area contributed by atoms with Gasteiger partial charge in [0, 0.05) is 12.2 Å². The molecule has 1 N–H and O–H groups in total. The summed E-state index contributed by atoms with van der Waals surface area (Å²) in [6.07, 6.45) is 0.714. The highest BCUT2D eigenvalue weighted by Crippen LogP contribution is 2.41. The summed E-state index contributed by atoms with van der Waals surface area (Å²) in [5, 5.41) is 2.76. The molecule has 3 amide bonds. The van der Waals surface area contributed by atoms with Crippen molar-refractivity contribution in [2.75, 3.05) is 19.0 Å². The number of benzene rings is 4. The van der Waals surface area contributed by atoms with Crippen molar-refractivity contribution in [2.45, 2.75) is 37.3 Å². The Hall–Kier alpha value is -5.16. The van der Waals surface area contributed by atoms with Crippen molar-refractivity contribution in [3.05, 3.63) is 126 Å². The number of hydrogen-bond acceptors (Lipinski definition) is 7. The summed E-state index contributed by atoms with van der Waals surface area (Å²) >= 11 is 1.28. The number of amidine groups is 1. The number of rotatable bonds is 9. The van der Waals surface area contributed by atoms with Crippen LogP contribution in [-0.2, 0) is 27.5 Å². The first-order chi connectivity index (χ1) is 22.9. The third-order valence-electron chi connectivity index (χ3n) is 7.93. The van der Waals surface area contributed by atoms with Crippen LogP contribution in [-0.4, -0.2) is 52.6 Å². The minimum Gasteiger partial charge on any atom is -0.497 e. The van der Waals surface area contributed by atoms with Crippen molar-refractivity contribution in [2.24, 2.45) is 4.99 Å². The number of likely N-dealkylation sites (tertiary alicyclic amines) is 1. The second-order valence-corrected chi connectivity index (χ2v) is 12.2. The molecule has 9 nitrogen and oxygen atoms in total. The number of aliphatic imine (C=N–C) groups is 1. The van der Waals surface area contributed by atoms with Crippen molar-refractivity contribution in [3.63, 3.8) is 0 Å². The topological polar surface area (TPSA) is 101 Å². The van der Waals surface area contributed by atoms with Crippen molar-refractivity contribution in [3.8, 4) is 5.75 Å². The fourth-order valence-corrected chi connectivity index (χ4v) is 6.71. The molecule has 1 unspecified atom stereocenters. The molecule has 2 aliphatic rings. The van der Waals surface area contributed by atoms with E-state index in [0.29, 0.717) is 41.7 Å². The summed E-state index contributed by atoms with van der Waals surface area (Å²) in [6.45, 7) is 0.834. The summed E-state index contributed by atoms with van der Waals surface area (Å²) in [7, 11) is 1.58. The average molecular weight is 653 g/mol. The van der Waals surface area contributed by atoms with Gasteiger partial charge in [0.2, 0.25) is 11.8 Å². The lowest BCUT2D eigenvalue weighted by atomic mass is 10.1. The monoisotopic (exact) mass is 652 g/mol. The number of nitrogens with zero attached hydrogens (tertiary/aromatic N) is 3. The van der Waals surface area contributed by atoms with E-state index in [1.165, 1.54) is 28.8 Å². The van der Waals surface area contributed by atoms with Crippen molar-refractivity contribution in [1.82, 2.24) is 9.80 Å². The Bertz CT molecular complexity index is 1790. The zero-order valence-electron chi connectivity index (χ0n) is 25.7. The van der Waals surface area contributed by atoms with Gasteiger partial charge in [0.15, 0.2) is 5.17 Å². The number of halogens is 1. The number of thioether (sulfide) groups is 1. The van der Waals surface area contributed by atoms with Crippen LogP contribution in [0.2, 0.25) is 0 Å². The summed E-state index contributed by atoms with van der Waals surface area (Å²) in [5.74, 6) is -0.212. The van der Waals surface area contributed by atoms with Gasteiger partial charge in [-0.05, 0) is 72.0 Å². The molecule has 2 atom stereocenters. The predicted molar refractivity (Wildman–Crippen MR) is 179 cm³/mol. The zero-order chi connectivity index (χ0) is 32.8. The lowest BCUT2D eigenvalue weighted by Gasteiger charge is -2.23. The van der Waals surface area contributed by atoms with E-state index in [4.69, 9.17) is 9.47 Å². The average Bonchev–Trinajstić information content (AvgIpc) is 3.70. The molecule has 2 fully saturated rings. The molecule has 0 spiro atoms. The van der Waals surface area contributed by atoms with Gasteiger partial charge in [0.25, 0.3) is 0 Å². The molecule has 4 aromatic carbocycles. The molecule has 2 heterocycles. The van der Waals surface area contributed by atoms with Crippen LogP contribution in [0.4, 0.5) is 20.6 Å². The largest absolute Gasteiger partial charge is 0.497 e. The number of nitrogens with one attached hydrogen (secondary N) is 1. The molecule has 0 aliphatic carbocycles. The first-order valence-electron chi connectivity index (χ1n) is 15.2. The minimum absolute atomic E-state index is 0.134. The molecule has 2 aliphatic heterocycles. The second-order valence-electron chi connectivity index (χ2n) is 11.2. The molecule has 47 heavy (non-hydrogen) atoms. The maximum atomic E-state index is 13.9. The van der Waals surface area contributed by atoms with Gasteiger partial charge in [-0.15, -0.1) is 0 Å². The van der Waals surface area contributed by atoms with Crippen LogP contribution in [0.3, 0.4) is 0 Å². The van der Waals surface area contributed by atoms with E-state index in [1.54, 1.807) is 48.4 Å². The lowest BCUT2D eigenvalue weighted by Crippen LogP contribution is -2.43. The third-order valence-corrected chi connectivity index (χ3v) is 9.16. The van der Waals surface area contributed by atoms with E-state index in [0.717, 1.165) is 16.7 Å². The van der Waals surface area contributed by atoms with Gasteiger partial charge in [-0.1, -0.05) is 72.4 Å². The molecule has 0 saturated carbocycles. The van der Waals surface area contributed by atoms with Gasteiger partial charge in [0.05, 0.1) is 19.3 Å². The van der Waals surface area contributed by atoms with Gasteiger partial charge < -0.3 is 14.8 Å². The Morgan fingerprint density at radius 3 is 2.49 bits per heavy atom. The van der Waals surface area contributed by atoms with Crippen LogP contribution in [0, 0.1) is 5.82 Å². The normalized spacial score (nSPS) is 18.4. The quantitative estimate of drug-likeness (QED) is 0.208. The van der Waals surface area contributed by atoms with Gasteiger partial charge in [0.1, 0.15) is 29.5 Å². The molecule has 0 radical (unpaired) electrons. The van der Waals surface area contributed by atoms with Crippen LogP contribution in [0.25, 0.3) is 0 Å². The molecule has 240 valence electrons. The summed E-state index contributed by atoms with van der Waals surface area (Å²) in [4.78, 5) is 47.5. The van der Waals surface area contributed by atoms with E-state index < -0.39 is 23.2 Å². The molecule has 2 saturated heterocycles. The minimum atomic E-state index is -0.642. The predicted octanol–water partition coefficient (Wildman–Crippen LogP) is 7.08. The molecule has 6 rings (SSSR count). The van der Waals surface area contributed by atoms with Gasteiger partial charge in [-0.2, -0.15) is 0 Å². The van der Waals surface area contributed by atoms with Crippen molar-refractivity contribution in [1.29, 1.82) is 0 Å². The molecular weight excluding hydrogens is 619 g/mol. The number of anilines is 1. The van der Waals surface area contributed by atoms with E-state index in [2.05, 4.69) is 10.3 Å². The highest BCUT2D eigenvalue weighted by Gasteiger charge is 2.39. The number of carbonyl (C=O) groups excluding carboxylic acids is 3. The van der Waals surface area contributed by atoms with E-state index >= 15 is 0 Å². The van der Waals surface area contributed by atoms with Crippen LogP contribution in [0.5, 0.6) is 5.75 Å². The third kappa shape index (κ3) is 7.63. The summed E-state index contributed by atoms with van der Waals surface area (Å²) in [5.41, 5.74) is 3.40. The number of hydrogen-bond donors (Lipinski definition) is 1. The fourth-order valence-electron chi connectivity index (χ4n) is 5.53. The first-order valence-corrected chi connectivity index (χ1v) is 16.1. The fraction of sp³-hybridized carbons (Fsp3) is 0.222. The van der Waals surface area contributed by atoms with E-state index in [1.807, 2.05) is 54.6 Å². The maximum Gasteiger partial charge on any atom is 0.410 e. The number of ether oxygens (including phenoxy) is 2. The molecule has 4 aromatic rings. The SMILES string of the molecule is COc1cccc(CN2C(=O)C(c3ccc(NC(=O)[C@@H]4CCCN4C(=O)OCc4ccccc4)cc3)SC2=Nc2cccc(F)c2)c1. The number of methoxy groups -OCH3 is 1. The smallest absolute Gasteiger partial charge is 0.410 e. The number of carbonyl (C=O) groups is 3. The van der Waals surface area contributed by atoms with Gasteiger partial charge in [-0.25, -0.2) is 14.2 Å². The Morgan fingerprint density at radius 2 is 1.72 bits per heavy atom. The van der Waals surface area contributed by atoms with Gasteiger partial charge >= 0.3 is 6.09 Å². The van der Waals surface area contributed by atoms with Crippen LogP contribution in [0.15, 0.2) is 108 Å². The Labute approximate surface area is 276 Å². The van der Waals surface area contributed by atoms with Crippen LogP contribution >= 0.6 is 11.8 Å². The maximum absolute atomic E-state index is 13.9. The molecule has 0 aromatic heterocycles. The van der Waals surface area contributed by atoms with E-state index in [9.17, 15) is 18.8 Å². The molecular formula is C36H33FN4O5S. The van der Waals surface area contributed by atoms with Crippen LogP contribution in [0.1, 0.15) is 34.8 Å². The van der Waals surface area contributed by atoms with Crippen molar-refractivity contribution >= 4 is 46.2 Å². The van der Waals surface area contributed by atoms with Gasteiger partial charge in [-0.3, -0.25) is 19.4 Å². The standard InChI is InChI=1S/C36H33FN4O5S/c1-45-30-13-5-10-25(20-30)22-41-34(43)32(47-35(41)39-29-12-6-11-27(37)21-29)26-15-17-28(18-16-26)38-33(42)31-14-7-19-40(31)36(44)46-23-24-8-3-2-4-9-24/h2-6,8-13,15-18,20-21,31-32H,7,14,19,22-23H2,1H3,(H,38,42)/t31-,32?/m0/s1. The highest BCUT2D eigenvalue weighted by atomic mass is 32.2. The van der Waals surface area contributed by atoms with E-state index in [-0.39, 0.29) is 25.0 Å². The summed E-state index contributed by atoms with van der Waals surface area (Å²) < 4.78 is 24.8. The Kier molecular flexibility index (Phi) is 9.82. The Balaban J connectivity index is 1.14. The lowest BCUT2D eigenvalue weighted by molar-refractivity contribution is -0.126. The van der Waals surface area contributed by atoms with Crippen LogP contribution < -0.4 is 10.1 Å².